The molecule has 0 aliphatic heterocycles. The summed E-state index contributed by atoms with van der Waals surface area (Å²) in [5, 5.41) is 9.82. The number of methoxy groups -OCH3 is 2. The molecule has 1 aliphatic rings. The number of aliphatic hydroxyl groups is 1. The van der Waals surface area contributed by atoms with Gasteiger partial charge in [0.05, 0.1) is 25.4 Å². The highest BCUT2D eigenvalue weighted by Crippen LogP contribution is 2.40. The summed E-state index contributed by atoms with van der Waals surface area (Å²) in [6.07, 6.45) is 4.94. The van der Waals surface area contributed by atoms with Gasteiger partial charge < -0.3 is 14.6 Å². The van der Waals surface area contributed by atoms with E-state index in [1.54, 1.807) is 20.4 Å². The summed E-state index contributed by atoms with van der Waals surface area (Å²) in [6.45, 7) is 0. The molecule has 1 fully saturated rings. The molecule has 16 heavy (non-hydrogen) atoms. The minimum absolute atomic E-state index is 0.453. The zero-order chi connectivity index (χ0) is 11.6. The lowest BCUT2D eigenvalue weighted by molar-refractivity contribution is 0.140. The van der Waals surface area contributed by atoms with Crippen molar-refractivity contribution in [3.63, 3.8) is 0 Å². The first kappa shape index (κ1) is 11.2. The predicted octanol–water partition coefficient (Wildman–Crippen LogP) is 1.56. The van der Waals surface area contributed by atoms with E-state index in [2.05, 4.69) is 4.98 Å². The smallest absolute Gasteiger partial charge is 0.219 e. The zero-order valence-electron chi connectivity index (χ0n) is 9.69. The Morgan fingerprint density at radius 2 is 2.12 bits per heavy atom. The minimum atomic E-state index is -0.453. The minimum Gasteiger partial charge on any atom is -0.496 e. The number of ether oxygens (including phenoxy) is 2. The molecule has 1 N–H and O–H groups in total. The molecule has 1 heterocycles. The van der Waals surface area contributed by atoms with E-state index < -0.39 is 5.60 Å². The van der Waals surface area contributed by atoms with Gasteiger partial charge in [0.25, 0.3) is 0 Å². The average molecular weight is 223 g/mol. The molecule has 0 spiro atoms. The topological polar surface area (TPSA) is 51.6 Å². The van der Waals surface area contributed by atoms with Crippen molar-refractivity contribution in [2.45, 2.75) is 31.3 Å². The van der Waals surface area contributed by atoms with Crippen LogP contribution in [0.2, 0.25) is 0 Å². The van der Waals surface area contributed by atoms with Crippen LogP contribution in [0.1, 0.15) is 24.8 Å². The first-order valence-corrected chi connectivity index (χ1v) is 5.47. The molecule has 88 valence electrons. The molecule has 0 unspecified atom stereocenters. The molecule has 1 saturated carbocycles. The van der Waals surface area contributed by atoms with Gasteiger partial charge in [-0.25, -0.2) is 4.98 Å². The van der Waals surface area contributed by atoms with Crippen LogP contribution < -0.4 is 9.47 Å². The Morgan fingerprint density at radius 3 is 2.69 bits per heavy atom. The van der Waals surface area contributed by atoms with E-state index in [1.165, 1.54) is 0 Å². The Hall–Kier alpha value is -1.29. The van der Waals surface area contributed by atoms with Crippen LogP contribution in [0, 0.1) is 0 Å². The summed E-state index contributed by atoms with van der Waals surface area (Å²) in [5.41, 5.74) is 0.485. The highest BCUT2D eigenvalue weighted by molar-refractivity contribution is 5.40. The van der Waals surface area contributed by atoms with E-state index in [0.29, 0.717) is 5.88 Å². The van der Waals surface area contributed by atoms with Gasteiger partial charge in [-0.1, -0.05) is 0 Å². The largest absolute Gasteiger partial charge is 0.496 e. The van der Waals surface area contributed by atoms with Gasteiger partial charge in [-0.15, -0.1) is 0 Å². The SMILES string of the molecule is COc1ccnc(OC)c1CCC1(O)CC1. The molecular weight excluding hydrogens is 206 g/mol. The molecule has 2 rings (SSSR count). The second-order valence-corrected chi connectivity index (χ2v) is 4.23. The van der Waals surface area contributed by atoms with E-state index in [4.69, 9.17) is 9.47 Å². The van der Waals surface area contributed by atoms with Gasteiger partial charge in [0, 0.05) is 6.20 Å². The maximum Gasteiger partial charge on any atom is 0.219 e. The third-order valence-corrected chi connectivity index (χ3v) is 3.05. The molecule has 4 nitrogen and oxygen atoms in total. The van der Waals surface area contributed by atoms with Gasteiger partial charge in [-0.3, -0.25) is 0 Å². The summed E-state index contributed by atoms with van der Waals surface area (Å²) < 4.78 is 10.5. The molecule has 1 aromatic rings. The zero-order valence-corrected chi connectivity index (χ0v) is 9.69. The van der Waals surface area contributed by atoms with E-state index in [9.17, 15) is 5.11 Å². The third-order valence-electron chi connectivity index (χ3n) is 3.05. The number of rotatable bonds is 5. The van der Waals surface area contributed by atoms with Gasteiger partial charge >= 0.3 is 0 Å². The van der Waals surface area contributed by atoms with Gasteiger partial charge in [0.2, 0.25) is 5.88 Å². The summed E-state index contributed by atoms with van der Waals surface area (Å²) in [6, 6.07) is 1.81. The summed E-state index contributed by atoms with van der Waals surface area (Å²) in [5.74, 6) is 1.36. The van der Waals surface area contributed by atoms with Crippen molar-refractivity contribution in [1.82, 2.24) is 4.98 Å². The van der Waals surface area contributed by atoms with Crippen LogP contribution in [0.15, 0.2) is 12.3 Å². The van der Waals surface area contributed by atoms with Gasteiger partial charge in [0.15, 0.2) is 0 Å². The molecular formula is C12H17NO3. The standard InChI is InChI=1S/C12H17NO3/c1-15-10-4-8-13-11(16-2)9(10)3-5-12(14)6-7-12/h4,8,14H,3,5-7H2,1-2H3. The molecule has 0 radical (unpaired) electrons. The van der Waals surface area contributed by atoms with Crippen molar-refractivity contribution in [3.8, 4) is 11.6 Å². The monoisotopic (exact) mass is 223 g/mol. The maximum absolute atomic E-state index is 9.82. The van der Waals surface area contributed by atoms with Crippen molar-refractivity contribution in [2.24, 2.45) is 0 Å². The van der Waals surface area contributed by atoms with Crippen LogP contribution in [0.4, 0.5) is 0 Å². The summed E-state index contributed by atoms with van der Waals surface area (Å²) >= 11 is 0. The van der Waals surface area contributed by atoms with Crippen LogP contribution in [0.5, 0.6) is 11.6 Å². The van der Waals surface area contributed by atoms with Gasteiger partial charge in [-0.2, -0.15) is 0 Å². The maximum atomic E-state index is 9.82. The predicted molar refractivity (Wildman–Crippen MR) is 59.8 cm³/mol. The Morgan fingerprint density at radius 1 is 1.38 bits per heavy atom. The molecule has 1 aliphatic carbocycles. The Labute approximate surface area is 95.2 Å². The second-order valence-electron chi connectivity index (χ2n) is 4.23. The van der Waals surface area contributed by atoms with E-state index >= 15 is 0 Å². The van der Waals surface area contributed by atoms with Gasteiger partial charge in [0.1, 0.15) is 5.75 Å². The molecule has 0 saturated heterocycles. The average Bonchev–Trinajstić information content (AvgIpc) is 3.04. The third kappa shape index (κ3) is 2.27. The molecule has 0 bridgehead atoms. The fourth-order valence-corrected chi connectivity index (χ4v) is 1.81. The van der Waals surface area contributed by atoms with Crippen LogP contribution >= 0.6 is 0 Å². The Bertz CT molecular complexity index is 352. The number of pyridine rings is 1. The van der Waals surface area contributed by atoms with Crippen molar-refractivity contribution in [1.29, 1.82) is 0 Å². The van der Waals surface area contributed by atoms with Crippen LogP contribution in [0.25, 0.3) is 0 Å². The number of aromatic nitrogens is 1. The lowest BCUT2D eigenvalue weighted by atomic mass is 10.1. The highest BCUT2D eigenvalue weighted by atomic mass is 16.5. The molecule has 0 amide bonds. The molecule has 0 aromatic carbocycles. The fraction of sp³-hybridized carbons (Fsp3) is 0.583. The molecule has 0 atom stereocenters. The quantitative estimate of drug-likeness (QED) is 0.823. The number of nitrogens with zero attached hydrogens (tertiary/aromatic N) is 1. The van der Waals surface area contributed by atoms with Crippen molar-refractivity contribution >= 4 is 0 Å². The number of hydrogen-bond donors (Lipinski definition) is 1. The Balaban J connectivity index is 2.15. The lowest BCUT2D eigenvalue weighted by Crippen LogP contribution is -2.09. The van der Waals surface area contributed by atoms with Gasteiger partial charge in [-0.05, 0) is 31.7 Å². The summed E-state index contributed by atoms with van der Waals surface area (Å²) in [7, 11) is 3.22. The highest BCUT2D eigenvalue weighted by Gasteiger charge is 2.39. The summed E-state index contributed by atoms with van der Waals surface area (Å²) in [4.78, 5) is 4.14. The second kappa shape index (κ2) is 4.29. The first-order valence-electron chi connectivity index (χ1n) is 5.47. The van der Waals surface area contributed by atoms with Crippen molar-refractivity contribution in [2.75, 3.05) is 14.2 Å². The van der Waals surface area contributed by atoms with Crippen molar-refractivity contribution in [3.05, 3.63) is 17.8 Å². The van der Waals surface area contributed by atoms with Crippen LogP contribution in [-0.2, 0) is 6.42 Å². The van der Waals surface area contributed by atoms with E-state index in [1.807, 2.05) is 6.07 Å². The Kier molecular flexibility index (Phi) is 3.01. The fourth-order valence-electron chi connectivity index (χ4n) is 1.81. The van der Waals surface area contributed by atoms with Crippen LogP contribution in [0.3, 0.4) is 0 Å². The molecule has 1 aromatic heterocycles. The van der Waals surface area contributed by atoms with E-state index in [0.717, 1.165) is 37.0 Å². The van der Waals surface area contributed by atoms with Crippen LogP contribution in [-0.4, -0.2) is 29.9 Å². The normalized spacial score (nSPS) is 16.9. The lowest BCUT2D eigenvalue weighted by Gasteiger charge is -2.13. The number of hydrogen-bond acceptors (Lipinski definition) is 4. The molecule has 4 heteroatoms. The first-order chi connectivity index (χ1) is 7.68. The van der Waals surface area contributed by atoms with E-state index in [-0.39, 0.29) is 0 Å². The van der Waals surface area contributed by atoms with Crippen molar-refractivity contribution < 1.29 is 14.6 Å².